The number of anilines is 1. The van der Waals surface area contributed by atoms with Gasteiger partial charge in [0.15, 0.2) is 0 Å². The summed E-state index contributed by atoms with van der Waals surface area (Å²) < 4.78 is 70.5. The zero-order chi connectivity index (χ0) is 31.1. The number of nitrogens with zero attached hydrogens (tertiary/aromatic N) is 1. The fraction of sp³-hybridized carbons (Fsp3) is 0.265. The molecule has 10 heteroatoms. The normalized spacial score (nSPS) is 15.8. The minimum Gasteiger partial charge on any atom is -0.326 e. The van der Waals surface area contributed by atoms with Gasteiger partial charge < -0.3 is 10.6 Å². The molecule has 1 atom stereocenters. The van der Waals surface area contributed by atoms with Crippen molar-refractivity contribution in [3.05, 3.63) is 131 Å². The lowest BCUT2D eigenvalue weighted by Crippen LogP contribution is -2.53. The summed E-state index contributed by atoms with van der Waals surface area (Å²) >= 11 is 0. The fourth-order valence-electron chi connectivity index (χ4n) is 5.68. The summed E-state index contributed by atoms with van der Waals surface area (Å²) in [6.45, 7) is 1.37. The van der Waals surface area contributed by atoms with E-state index in [0.29, 0.717) is 54.9 Å². The number of rotatable bonds is 11. The lowest BCUT2D eigenvalue weighted by molar-refractivity contribution is -0.116. The first kappa shape index (κ1) is 31.4. The monoisotopic (exact) mass is 621 g/mol. The lowest BCUT2D eigenvalue weighted by atomic mass is 9.88. The third-order valence-electron chi connectivity index (χ3n) is 7.94. The molecule has 2 N–H and O–H groups in total. The van der Waals surface area contributed by atoms with E-state index in [-0.39, 0.29) is 29.7 Å². The summed E-state index contributed by atoms with van der Waals surface area (Å²) in [5.74, 6) is -2.15. The Kier molecular flexibility index (Phi) is 10.1. The van der Waals surface area contributed by atoms with Crippen molar-refractivity contribution in [3.8, 4) is 0 Å². The van der Waals surface area contributed by atoms with Crippen LogP contribution >= 0.6 is 0 Å². The van der Waals surface area contributed by atoms with Gasteiger partial charge in [-0.3, -0.25) is 4.79 Å². The van der Waals surface area contributed by atoms with E-state index in [4.69, 9.17) is 0 Å². The van der Waals surface area contributed by atoms with Crippen LogP contribution in [-0.4, -0.2) is 44.3 Å². The van der Waals surface area contributed by atoms with E-state index in [1.54, 1.807) is 60.7 Å². The molecule has 1 amide bonds. The standard InChI is InChI=1S/C34H34F3N3O3S/c35-26-16-12-24(13-17-26)31(25-14-18-27(36)19-15-25)22-34(41)39-33-11-5-10-32(37)30(33)9-4-6-28-23-38-20-21-40(28)44(42,43)29-7-2-1-3-8-29/h1-3,5,7-8,10-19,28,31,38H,4,6,9,20-23H2,(H,39,41)/t28-/m0/s1. The second kappa shape index (κ2) is 14.2. The summed E-state index contributed by atoms with van der Waals surface area (Å²) in [5, 5.41) is 6.10. The zero-order valence-electron chi connectivity index (χ0n) is 24.1. The predicted octanol–water partition coefficient (Wildman–Crippen LogP) is 6.25. The second-order valence-corrected chi connectivity index (χ2v) is 12.7. The third-order valence-corrected chi connectivity index (χ3v) is 9.90. The minimum absolute atomic E-state index is 0.0345. The molecular formula is C34H34F3N3O3S. The van der Waals surface area contributed by atoms with E-state index in [1.807, 2.05) is 0 Å². The Hall–Kier alpha value is -3.99. The maximum Gasteiger partial charge on any atom is 0.243 e. The lowest BCUT2D eigenvalue weighted by Gasteiger charge is -2.35. The summed E-state index contributed by atoms with van der Waals surface area (Å²) in [4.78, 5) is 13.6. The Morgan fingerprint density at radius 3 is 2.14 bits per heavy atom. The smallest absolute Gasteiger partial charge is 0.243 e. The molecule has 0 aliphatic carbocycles. The Morgan fingerprint density at radius 2 is 1.50 bits per heavy atom. The van der Waals surface area contributed by atoms with Crippen molar-refractivity contribution in [2.45, 2.75) is 42.5 Å². The zero-order valence-corrected chi connectivity index (χ0v) is 24.9. The number of piperazine rings is 1. The third kappa shape index (κ3) is 7.56. The van der Waals surface area contributed by atoms with Crippen LogP contribution < -0.4 is 10.6 Å². The van der Waals surface area contributed by atoms with Crippen LogP contribution in [0.2, 0.25) is 0 Å². The number of carbonyl (C=O) groups is 1. The van der Waals surface area contributed by atoms with E-state index < -0.39 is 33.4 Å². The molecule has 0 aromatic heterocycles. The number of carbonyl (C=O) groups excluding carboxylic acids is 1. The van der Waals surface area contributed by atoms with Crippen molar-refractivity contribution in [1.29, 1.82) is 0 Å². The molecule has 6 nitrogen and oxygen atoms in total. The molecule has 1 heterocycles. The van der Waals surface area contributed by atoms with Crippen LogP contribution in [0.4, 0.5) is 18.9 Å². The Bertz CT molecular complexity index is 1620. The van der Waals surface area contributed by atoms with Gasteiger partial charge in [-0.2, -0.15) is 4.31 Å². The van der Waals surface area contributed by atoms with Gasteiger partial charge in [-0.05, 0) is 78.9 Å². The fourth-order valence-corrected chi connectivity index (χ4v) is 7.36. The average molecular weight is 622 g/mol. The summed E-state index contributed by atoms with van der Waals surface area (Å²) in [5.41, 5.74) is 2.04. The molecule has 0 radical (unpaired) electrons. The molecule has 0 saturated carbocycles. The first-order valence-corrected chi connectivity index (χ1v) is 16.0. The molecule has 1 aliphatic heterocycles. The SMILES string of the molecule is O=C(CC(c1ccc(F)cc1)c1ccc(F)cc1)Nc1cccc(F)c1CCC[C@H]1CNCCN1S(=O)(=O)c1ccccc1. The highest BCUT2D eigenvalue weighted by atomic mass is 32.2. The van der Waals surface area contributed by atoms with E-state index in [9.17, 15) is 22.0 Å². The highest BCUT2D eigenvalue weighted by Gasteiger charge is 2.33. The van der Waals surface area contributed by atoms with Gasteiger partial charge in [0, 0.05) is 49.3 Å². The first-order valence-electron chi connectivity index (χ1n) is 14.6. The van der Waals surface area contributed by atoms with Gasteiger partial charge in [0.05, 0.1) is 4.90 Å². The average Bonchev–Trinajstić information content (AvgIpc) is 3.03. The van der Waals surface area contributed by atoms with E-state index in [1.165, 1.54) is 40.7 Å². The largest absolute Gasteiger partial charge is 0.326 e. The van der Waals surface area contributed by atoms with Gasteiger partial charge in [0.2, 0.25) is 15.9 Å². The molecular weight excluding hydrogens is 587 g/mol. The number of hydrogen-bond acceptors (Lipinski definition) is 4. The van der Waals surface area contributed by atoms with E-state index in [2.05, 4.69) is 10.6 Å². The summed E-state index contributed by atoms with van der Waals surface area (Å²) in [7, 11) is -3.68. The van der Waals surface area contributed by atoms with Crippen molar-refractivity contribution in [3.63, 3.8) is 0 Å². The molecule has 0 bridgehead atoms. The molecule has 1 fully saturated rings. The quantitative estimate of drug-likeness (QED) is 0.208. The topological polar surface area (TPSA) is 78.5 Å². The highest BCUT2D eigenvalue weighted by molar-refractivity contribution is 7.89. The number of benzene rings is 4. The highest BCUT2D eigenvalue weighted by Crippen LogP contribution is 2.30. The van der Waals surface area contributed by atoms with Crippen LogP contribution in [0.1, 0.15) is 41.9 Å². The Labute approximate surface area is 256 Å². The Morgan fingerprint density at radius 1 is 0.864 bits per heavy atom. The molecule has 0 unspecified atom stereocenters. The van der Waals surface area contributed by atoms with Crippen molar-refractivity contribution in [2.75, 3.05) is 25.0 Å². The molecule has 44 heavy (non-hydrogen) atoms. The number of nitrogens with one attached hydrogen (secondary N) is 2. The Balaban J connectivity index is 1.28. The van der Waals surface area contributed by atoms with Crippen molar-refractivity contribution >= 4 is 21.6 Å². The summed E-state index contributed by atoms with van der Waals surface area (Å²) in [6.07, 6.45) is 1.24. The van der Waals surface area contributed by atoms with Crippen LogP contribution in [-0.2, 0) is 21.2 Å². The molecule has 4 aromatic carbocycles. The molecule has 230 valence electrons. The van der Waals surface area contributed by atoms with Gasteiger partial charge in [-0.25, -0.2) is 21.6 Å². The number of amides is 1. The maximum atomic E-state index is 15.1. The van der Waals surface area contributed by atoms with Crippen LogP contribution in [0.5, 0.6) is 0 Å². The van der Waals surface area contributed by atoms with Crippen LogP contribution in [0.15, 0.2) is 102 Å². The maximum absolute atomic E-state index is 15.1. The van der Waals surface area contributed by atoms with Gasteiger partial charge in [0.25, 0.3) is 0 Å². The van der Waals surface area contributed by atoms with Crippen molar-refractivity contribution in [2.24, 2.45) is 0 Å². The van der Waals surface area contributed by atoms with Gasteiger partial charge in [-0.1, -0.05) is 48.5 Å². The van der Waals surface area contributed by atoms with Crippen molar-refractivity contribution in [1.82, 2.24) is 9.62 Å². The molecule has 5 rings (SSSR count). The number of halogens is 3. The van der Waals surface area contributed by atoms with Crippen LogP contribution in [0.25, 0.3) is 0 Å². The minimum atomic E-state index is -3.68. The van der Waals surface area contributed by atoms with Crippen LogP contribution in [0.3, 0.4) is 0 Å². The van der Waals surface area contributed by atoms with Gasteiger partial charge in [-0.15, -0.1) is 0 Å². The van der Waals surface area contributed by atoms with Gasteiger partial charge in [0.1, 0.15) is 17.5 Å². The predicted molar refractivity (Wildman–Crippen MR) is 164 cm³/mol. The van der Waals surface area contributed by atoms with Crippen molar-refractivity contribution < 1.29 is 26.4 Å². The number of hydrogen-bond donors (Lipinski definition) is 2. The van der Waals surface area contributed by atoms with E-state index >= 15 is 4.39 Å². The van der Waals surface area contributed by atoms with Crippen LogP contribution in [0, 0.1) is 17.5 Å². The van der Waals surface area contributed by atoms with E-state index in [0.717, 1.165) is 0 Å². The molecule has 1 saturated heterocycles. The molecule has 0 spiro atoms. The first-order chi connectivity index (χ1) is 21.2. The van der Waals surface area contributed by atoms with Gasteiger partial charge >= 0.3 is 0 Å². The summed E-state index contributed by atoms with van der Waals surface area (Å²) in [6, 6.07) is 24.1. The number of sulfonamides is 1. The molecule has 1 aliphatic rings. The second-order valence-electron chi connectivity index (χ2n) is 10.9. The molecule has 4 aromatic rings.